The summed E-state index contributed by atoms with van der Waals surface area (Å²) < 4.78 is 0. The zero-order valence-electron chi connectivity index (χ0n) is 10.1. The summed E-state index contributed by atoms with van der Waals surface area (Å²) in [5.41, 5.74) is 8.30. The van der Waals surface area contributed by atoms with Crippen molar-refractivity contribution in [3.63, 3.8) is 0 Å². The highest BCUT2D eigenvalue weighted by Gasteiger charge is 2.08. The smallest absolute Gasteiger partial charge is 0.105 e. The minimum atomic E-state index is 0.0102. The van der Waals surface area contributed by atoms with Crippen molar-refractivity contribution < 1.29 is 0 Å². The number of aryl methyl sites for hydroxylation is 1. The summed E-state index contributed by atoms with van der Waals surface area (Å²) in [7, 11) is 0. The van der Waals surface area contributed by atoms with E-state index in [1.165, 1.54) is 10.5 Å². The van der Waals surface area contributed by atoms with Gasteiger partial charge in [-0.25, -0.2) is 4.98 Å². The van der Waals surface area contributed by atoms with Gasteiger partial charge in [-0.05, 0) is 32.0 Å². The van der Waals surface area contributed by atoms with Gasteiger partial charge in [0.15, 0.2) is 0 Å². The van der Waals surface area contributed by atoms with Gasteiger partial charge in [0.1, 0.15) is 5.03 Å². The third-order valence-corrected chi connectivity index (χ3v) is 3.52. The fraction of sp³-hybridized carbons (Fsp3) is 0.214. The molecular weight excluding hydrogens is 228 g/mol. The molecule has 1 heterocycles. The normalized spacial score (nSPS) is 12.4. The van der Waals surface area contributed by atoms with Crippen LogP contribution in [-0.4, -0.2) is 4.98 Å². The van der Waals surface area contributed by atoms with E-state index in [9.17, 15) is 0 Å². The van der Waals surface area contributed by atoms with E-state index in [-0.39, 0.29) is 6.04 Å². The van der Waals surface area contributed by atoms with Gasteiger partial charge in [0.05, 0.1) is 0 Å². The van der Waals surface area contributed by atoms with Crippen LogP contribution in [0.1, 0.15) is 24.1 Å². The number of aromatic nitrogens is 1. The molecule has 0 saturated carbocycles. The highest BCUT2D eigenvalue weighted by Crippen LogP contribution is 2.31. The summed E-state index contributed by atoms with van der Waals surface area (Å²) in [6, 6.07) is 12.4. The van der Waals surface area contributed by atoms with E-state index in [1.807, 2.05) is 25.3 Å². The molecule has 3 heteroatoms. The molecule has 2 N–H and O–H groups in total. The molecule has 17 heavy (non-hydrogen) atoms. The first kappa shape index (κ1) is 12.1. The molecule has 1 aromatic heterocycles. The predicted molar refractivity (Wildman–Crippen MR) is 72.1 cm³/mol. The van der Waals surface area contributed by atoms with Crippen molar-refractivity contribution in [3.05, 3.63) is 53.7 Å². The molecule has 0 spiro atoms. The van der Waals surface area contributed by atoms with Crippen LogP contribution in [0.5, 0.6) is 0 Å². The van der Waals surface area contributed by atoms with Crippen LogP contribution in [0.4, 0.5) is 0 Å². The van der Waals surface area contributed by atoms with Crippen molar-refractivity contribution in [1.29, 1.82) is 0 Å². The highest BCUT2D eigenvalue weighted by atomic mass is 32.2. The zero-order valence-corrected chi connectivity index (χ0v) is 10.9. The highest BCUT2D eigenvalue weighted by molar-refractivity contribution is 7.99. The first-order valence-electron chi connectivity index (χ1n) is 5.62. The van der Waals surface area contributed by atoms with Crippen LogP contribution in [0.3, 0.4) is 0 Å². The van der Waals surface area contributed by atoms with Crippen molar-refractivity contribution >= 4 is 11.8 Å². The lowest BCUT2D eigenvalue weighted by Gasteiger charge is -2.10. The van der Waals surface area contributed by atoms with Gasteiger partial charge in [0, 0.05) is 22.7 Å². The van der Waals surface area contributed by atoms with Crippen molar-refractivity contribution in [1.82, 2.24) is 4.98 Å². The number of rotatable bonds is 3. The summed E-state index contributed by atoms with van der Waals surface area (Å²) in [5, 5.41) is 0.994. The van der Waals surface area contributed by atoms with E-state index in [1.54, 1.807) is 11.8 Å². The Hall–Kier alpha value is -1.32. The van der Waals surface area contributed by atoms with Crippen LogP contribution in [0.25, 0.3) is 0 Å². The van der Waals surface area contributed by atoms with Gasteiger partial charge < -0.3 is 5.73 Å². The van der Waals surface area contributed by atoms with Gasteiger partial charge in [-0.15, -0.1) is 0 Å². The fourth-order valence-electron chi connectivity index (χ4n) is 1.63. The van der Waals surface area contributed by atoms with Crippen LogP contribution < -0.4 is 5.73 Å². The topological polar surface area (TPSA) is 38.9 Å². The molecule has 2 aromatic rings. The van der Waals surface area contributed by atoms with E-state index >= 15 is 0 Å². The Morgan fingerprint density at radius 2 is 2.06 bits per heavy atom. The first-order chi connectivity index (χ1) is 8.16. The summed E-state index contributed by atoms with van der Waals surface area (Å²) >= 11 is 1.67. The molecule has 0 saturated heterocycles. The van der Waals surface area contributed by atoms with Gasteiger partial charge in [-0.3, -0.25) is 0 Å². The maximum atomic E-state index is 5.94. The van der Waals surface area contributed by atoms with Crippen LogP contribution in [-0.2, 0) is 0 Å². The second kappa shape index (κ2) is 5.34. The van der Waals surface area contributed by atoms with E-state index in [2.05, 4.69) is 36.2 Å². The molecule has 0 bridgehead atoms. The average molecular weight is 244 g/mol. The van der Waals surface area contributed by atoms with E-state index in [0.29, 0.717) is 0 Å². The summed E-state index contributed by atoms with van der Waals surface area (Å²) in [6.45, 7) is 4.08. The molecule has 0 unspecified atom stereocenters. The molecule has 1 atom stereocenters. The first-order valence-corrected chi connectivity index (χ1v) is 6.43. The quantitative estimate of drug-likeness (QED) is 0.897. The monoisotopic (exact) mass is 244 g/mol. The van der Waals surface area contributed by atoms with Crippen molar-refractivity contribution in [2.24, 2.45) is 5.73 Å². The lowest BCUT2D eigenvalue weighted by atomic mass is 10.2. The Morgan fingerprint density at radius 3 is 2.76 bits per heavy atom. The van der Waals surface area contributed by atoms with Crippen molar-refractivity contribution in [3.8, 4) is 0 Å². The Balaban J connectivity index is 2.30. The third kappa shape index (κ3) is 3.08. The third-order valence-electron chi connectivity index (χ3n) is 2.50. The second-order valence-corrected chi connectivity index (χ2v) is 5.17. The van der Waals surface area contributed by atoms with Gasteiger partial charge in [0.2, 0.25) is 0 Å². The molecular formula is C14H16N2S. The van der Waals surface area contributed by atoms with Crippen molar-refractivity contribution in [2.45, 2.75) is 29.8 Å². The standard InChI is InChI=1S/C14H16N2S/c1-10-5-3-6-12(9-10)17-14-13(11(2)15)7-4-8-16-14/h3-9,11H,15H2,1-2H3/t11-/m0/s1. The molecule has 0 aliphatic rings. The summed E-state index contributed by atoms with van der Waals surface area (Å²) in [6.07, 6.45) is 1.81. The molecule has 0 amide bonds. The number of hydrogen-bond acceptors (Lipinski definition) is 3. The number of pyridine rings is 1. The molecule has 0 aliphatic heterocycles. The molecule has 2 nitrogen and oxygen atoms in total. The van der Waals surface area contributed by atoms with Crippen molar-refractivity contribution in [2.75, 3.05) is 0 Å². The Labute approximate surface area is 106 Å². The molecule has 1 aromatic carbocycles. The Bertz CT molecular complexity index is 509. The molecule has 2 rings (SSSR count). The van der Waals surface area contributed by atoms with Gasteiger partial charge >= 0.3 is 0 Å². The van der Waals surface area contributed by atoms with Crippen LogP contribution in [0.15, 0.2) is 52.5 Å². The van der Waals surface area contributed by atoms with Gasteiger partial charge in [0.25, 0.3) is 0 Å². The molecule has 0 radical (unpaired) electrons. The summed E-state index contributed by atoms with van der Waals surface area (Å²) in [5.74, 6) is 0. The molecule has 0 fully saturated rings. The van der Waals surface area contributed by atoms with Gasteiger partial charge in [-0.2, -0.15) is 0 Å². The van der Waals surface area contributed by atoms with E-state index in [4.69, 9.17) is 5.73 Å². The minimum absolute atomic E-state index is 0.0102. The number of hydrogen-bond donors (Lipinski definition) is 1. The average Bonchev–Trinajstić information content (AvgIpc) is 2.29. The van der Waals surface area contributed by atoms with Crippen LogP contribution >= 0.6 is 11.8 Å². The summed E-state index contributed by atoms with van der Waals surface area (Å²) in [4.78, 5) is 5.61. The van der Waals surface area contributed by atoms with Gasteiger partial charge in [-0.1, -0.05) is 35.5 Å². The SMILES string of the molecule is Cc1cccc(Sc2ncccc2[C@H](C)N)c1. The maximum absolute atomic E-state index is 5.94. The predicted octanol–water partition coefficient (Wildman–Crippen LogP) is 3.56. The maximum Gasteiger partial charge on any atom is 0.105 e. The number of nitrogens with two attached hydrogens (primary N) is 1. The largest absolute Gasteiger partial charge is 0.324 e. The Morgan fingerprint density at radius 1 is 1.24 bits per heavy atom. The van der Waals surface area contributed by atoms with E-state index < -0.39 is 0 Å². The molecule has 88 valence electrons. The molecule has 0 aliphatic carbocycles. The number of benzene rings is 1. The second-order valence-electron chi connectivity index (χ2n) is 4.11. The lowest BCUT2D eigenvalue weighted by Crippen LogP contribution is -2.07. The Kier molecular flexibility index (Phi) is 3.82. The van der Waals surface area contributed by atoms with Crippen LogP contribution in [0, 0.1) is 6.92 Å². The zero-order chi connectivity index (χ0) is 12.3. The number of nitrogens with zero attached hydrogens (tertiary/aromatic N) is 1. The van der Waals surface area contributed by atoms with E-state index in [0.717, 1.165) is 10.6 Å². The lowest BCUT2D eigenvalue weighted by molar-refractivity contribution is 0.779. The van der Waals surface area contributed by atoms with Crippen LogP contribution in [0.2, 0.25) is 0 Å². The minimum Gasteiger partial charge on any atom is -0.324 e. The fourth-order valence-corrected chi connectivity index (χ4v) is 2.73.